The van der Waals surface area contributed by atoms with Gasteiger partial charge in [0, 0.05) is 79.7 Å². The lowest BCUT2D eigenvalue weighted by atomic mass is 9.81. The Labute approximate surface area is 425 Å². The molecule has 0 saturated heterocycles. The maximum Gasteiger partial charge on any atom is 0.164 e. The van der Waals surface area contributed by atoms with Crippen LogP contribution in [0.3, 0.4) is 0 Å². The molecule has 7 heteroatoms. The number of H-pyrrole nitrogens is 1. The van der Waals surface area contributed by atoms with Gasteiger partial charge in [-0.2, -0.15) is 0 Å². The Morgan fingerprint density at radius 1 is 0.479 bits per heavy atom. The van der Waals surface area contributed by atoms with Crippen LogP contribution in [-0.2, 0) is 5.41 Å². The zero-order chi connectivity index (χ0) is 48.2. The van der Waals surface area contributed by atoms with Crippen molar-refractivity contribution in [2.24, 2.45) is 0 Å². The third kappa shape index (κ3) is 7.55. The minimum absolute atomic E-state index is 0.0972. The molecule has 0 amide bonds. The van der Waals surface area contributed by atoms with Gasteiger partial charge in [-0.3, -0.25) is 0 Å². The molecule has 4 aromatic heterocycles. The van der Waals surface area contributed by atoms with E-state index in [2.05, 4.69) is 172 Å². The number of hydrogen-bond acceptors (Lipinski definition) is 4. The van der Waals surface area contributed by atoms with Crippen LogP contribution in [0.15, 0.2) is 217 Å². The van der Waals surface area contributed by atoms with Gasteiger partial charge in [-0.05, 0) is 64.7 Å². The molecular weight excluding hydrogens is 951 g/mol. The second kappa shape index (κ2) is 18.1. The molecule has 9 aromatic carbocycles. The standard InChI is InChI=1S/C41H28N2S.C21H14BrN3.C2H6/c1-41(2)33-17-8-6-14-30(33)38-36(41)31-21-20-28-32-23-24(26-15-10-16-29-27-13-7-9-18-35(27)44-40(26)29)19-22-34(32)42-37(28)39(31)43(38)25-11-4-3-5-12-25;22-18-13-7-12-17(14-18)21-24-19(15-8-3-1-4-9-15)23-20(25-21)16-10-5-2-6-11-16;1-2/h3-23,42H,1-2H3;1-14H;1-2H3. The molecule has 13 aromatic rings. The van der Waals surface area contributed by atoms with Crippen molar-refractivity contribution in [1.82, 2.24) is 24.5 Å². The van der Waals surface area contributed by atoms with E-state index < -0.39 is 0 Å². The van der Waals surface area contributed by atoms with Gasteiger partial charge in [0.05, 0.1) is 16.7 Å². The van der Waals surface area contributed by atoms with E-state index in [1.807, 2.05) is 110 Å². The number of benzene rings is 9. The van der Waals surface area contributed by atoms with Gasteiger partial charge < -0.3 is 9.55 Å². The summed E-state index contributed by atoms with van der Waals surface area (Å²) in [4.78, 5) is 18.0. The fourth-order valence-corrected chi connectivity index (χ4v) is 12.2. The average Bonchev–Trinajstić information content (AvgIpc) is 4.17. The van der Waals surface area contributed by atoms with Gasteiger partial charge in [-0.15, -0.1) is 11.3 Å². The van der Waals surface area contributed by atoms with Gasteiger partial charge in [0.15, 0.2) is 17.5 Å². The molecule has 0 bridgehead atoms. The van der Waals surface area contributed by atoms with Crippen LogP contribution in [0.25, 0.3) is 115 Å². The Bertz CT molecular complexity index is 4060. The van der Waals surface area contributed by atoms with Crippen LogP contribution in [0.4, 0.5) is 0 Å². The topological polar surface area (TPSA) is 59.4 Å². The van der Waals surface area contributed by atoms with Gasteiger partial charge >= 0.3 is 0 Å². The first-order valence-corrected chi connectivity index (χ1v) is 25.8. The Kier molecular flexibility index (Phi) is 11.3. The molecule has 71 heavy (non-hydrogen) atoms. The molecular formula is C64H48BrN5S. The lowest BCUT2D eigenvalue weighted by Gasteiger charge is -2.21. The summed E-state index contributed by atoms with van der Waals surface area (Å²) in [5.41, 5.74) is 15.6. The molecule has 5 nitrogen and oxygen atoms in total. The van der Waals surface area contributed by atoms with E-state index in [1.54, 1.807) is 0 Å². The van der Waals surface area contributed by atoms with Crippen LogP contribution in [-0.4, -0.2) is 24.5 Å². The highest BCUT2D eigenvalue weighted by Crippen LogP contribution is 2.55. The first-order valence-electron chi connectivity index (χ1n) is 24.2. The second-order valence-electron chi connectivity index (χ2n) is 18.2. The van der Waals surface area contributed by atoms with E-state index in [1.165, 1.54) is 92.1 Å². The molecule has 0 fully saturated rings. The van der Waals surface area contributed by atoms with Crippen molar-refractivity contribution in [3.63, 3.8) is 0 Å². The van der Waals surface area contributed by atoms with Crippen LogP contribution in [0, 0.1) is 0 Å². The summed E-state index contributed by atoms with van der Waals surface area (Å²) < 4.78 is 6.19. The number of para-hydroxylation sites is 1. The van der Waals surface area contributed by atoms with Crippen LogP contribution in [0.5, 0.6) is 0 Å². The van der Waals surface area contributed by atoms with Crippen molar-refractivity contribution >= 4 is 80.1 Å². The van der Waals surface area contributed by atoms with Gasteiger partial charge in [-0.25, -0.2) is 15.0 Å². The fraction of sp³-hybridized carbons (Fsp3) is 0.0781. The van der Waals surface area contributed by atoms with E-state index >= 15 is 0 Å². The molecule has 0 spiro atoms. The maximum absolute atomic E-state index is 4.70. The minimum Gasteiger partial charge on any atom is -0.353 e. The number of thiophene rings is 1. The van der Waals surface area contributed by atoms with E-state index in [-0.39, 0.29) is 5.41 Å². The predicted octanol–water partition coefficient (Wildman–Crippen LogP) is 18.3. The minimum atomic E-state index is -0.0972. The molecule has 4 heterocycles. The van der Waals surface area contributed by atoms with Crippen LogP contribution in [0.2, 0.25) is 0 Å². The summed E-state index contributed by atoms with van der Waals surface area (Å²) in [6.07, 6.45) is 0. The van der Waals surface area contributed by atoms with Crippen molar-refractivity contribution in [3.05, 3.63) is 228 Å². The van der Waals surface area contributed by atoms with Crippen molar-refractivity contribution in [2.45, 2.75) is 33.1 Å². The zero-order valence-corrected chi connectivity index (χ0v) is 42.2. The third-order valence-corrected chi connectivity index (χ3v) is 15.4. The number of fused-ring (bicyclic) bond motifs is 12. The first-order chi connectivity index (χ1) is 34.9. The van der Waals surface area contributed by atoms with Crippen LogP contribution in [0.1, 0.15) is 38.8 Å². The number of hydrogen-bond donors (Lipinski definition) is 1. The summed E-state index contributed by atoms with van der Waals surface area (Å²) in [5, 5.41) is 6.51. The lowest BCUT2D eigenvalue weighted by molar-refractivity contribution is 0.666. The molecule has 1 N–H and O–H groups in total. The molecule has 0 saturated carbocycles. The molecule has 342 valence electrons. The number of aromatic amines is 1. The largest absolute Gasteiger partial charge is 0.353 e. The van der Waals surface area contributed by atoms with E-state index in [4.69, 9.17) is 9.97 Å². The zero-order valence-electron chi connectivity index (χ0n) is 39.8. The van der Waals surface area contributed by atoms with Crippen molar-refractivity contribution in [2.75, 3.05) is 0 Å². The number of aromatic nitrogens is 5. The van der Waals surface area contributed by atoms with Gasteiger partial charge in [0.25, 0.3) is 0 Å². The number of halogens is 1. The lowest BCUT2D eigenvalue weighted by Crippen LogP contribution is -2.14. The van der Waals surface area contributed by atoms with E-state index in [0.29, 0.717) is 17.5 Å². The van der Waals surface area contributed by atoms with E-state index in [9.17, 15) is 0 Å². The maximum atomic E-state index is 4.70. The summed E-state index contributed by atoms with van der Waals surface area (Å²) in [6.45, 7) is 8.76. The first kappa shape index (κ1) is 44.3. The molecule has 14 rings (SSSR count). The second-order valence-corrected chi connectivity index (χ2v) is 20.1. The summed E-state index contributed by atoms with van der Waals surface area (Å²) >= 11 is 5.41. The SMILES string of the molecule is Brc1cccc(-c2nc(-c3ccccc3)nc(-c3ccccc3)n2)c1.CC.CC1(C)c2ccccc2-c2c1c1ccc3c4cc(-c5cccc6c5sc5ccccc56)ccc4[nH]c3c1n2-c1ccccc1. The number of nitrogens with zero attached hydrogens (tertiary/aromatic N) is 4. The van der Waals surface area contributed by atoms with Gasteiger partial charge in [-0.1, -0.05) is 213 Å². The average molecular weight is 999 g/mol. The molecule has 0 unspecified atom stereocenters. The fourth-order valence-electron chi connectivity index (χ4n) is 10.5. The number of nitrogens with one attached hydrogen (secondary N) is 1. The molecule has 1 aliphatic carbocycles. The summed E-state index contributed by atoms with van der Waals surface area (Å²) in [6, 6.07) is 74.9. The molecule has 0 aliphatic heterocycles. The van der Waals surface area contributed by atoms with Crippen molar-refractivity contribution < 1.29 is 0 Å². The summed E-state index contributed by atoms with van der Waals surface area (Å²) in [7, 11) is 0. The normalized spacial score (nSPS) is 12.4. The Balaban J connectivity index is 0.000000163. The summed E-state index contributed by atoms with van der Waals surface area (Å²) in [5.74, 6) is 2.00. The van der Waals surface area contributed by atoms with Gasteiger partial charge in [0.2, 0.25) is 0 Å². The van der Waals surface area contributed by atoms with Gasteiger partial charge in [0.1, 0.15) is 0 Å². The van der Waals surface area contributed by atoms with Crippen LogP contribution >= 0.6 is 27.3 Å². The quantitative estimate of drug-likeness (QED) is 0.187. The monoisotopic (exact) mass is 997 g/mol. The highest BCUT2D eigenvalue weighted by atomic mass is 79.9. The Hall–Kier alpha value is -7.97. The van der Waals surface area contributed by atoms with E-state index in [0.717, 1.165) is 21.2 Å². The van der Waals surface area contributed by atoms with Crippen molar-refractivity contribution in [1.29, 1.82) is 0 Å². The third-order valence-electron chi connectivity index (χ3n) is 13.7. The highest BCUT2D eigenvalue weighted by Gasteiger charge is 2.41. The highest BCUT2D eigenvalue weighted by molar-refractivity contribution is 9.10. The molecule has 1 aliphatic rings. The Morgan fingerprint density at radius 3 is 1.77 bits per heavy atom. The molecule has 0 radical (unpaired) electrons. The predicted molar refractivity (Wildman–Crippen MR) is 304 cm³/mol. The Morgan fingerprint density at radius 2 is 1.06 bits per heavy atom. The van der Waals surface area contributed by atoms with Crippen molar-refractivity contribution in [3.8, 4) is 62.2 Å². The van der Waals surface area contributed by atoms with Crippen LogP contribution < -0.4 is 0 Å². The molecule has 0 atom stereocenters. The smallest absolute Gasteiger partial charge is 0.164 e. The number of rotatable bonds is 5.